The molecule has 0 radical (unpaired) electrons. The summed E-state index contributed by atoms with van der Waals surface area (Å²) in [7, 11) is -3.03. The molecule has 0 unspecified atom stereocenters. The topological polar surface area (TPSA) is 109 Å². The smallest absolute Gasteiger partial charge is 0.307 e. The fourth-order valence-electron chi connectivity index (χ4n) is 5.28. The number of carbonyl (C=O) groups excluding carboxylic acids is 1. The summed E-state index contributed by atoms with van der Waals surface area (Å²) in [5.41, 5.74) is 6.60. The van der Waals surface area contributed by atoms with E-state index in [0.29, 0.717) is 37.7 Å². The van der Waals surface area contributed by atoms with Gasteiger partial charge < -0.3 is 14.2 Å². The Morgan fingerprint density at radius 3 is 2.33 bits per heavy atom. The summed E-state index contributed by atoms with van der Waals surface area (Å²) in [4.78, 5) is 17.0. The highest BCUT2D eigenvalue weighted by molar-refractivity contribution is 7.90. The fraction of sp³-hybridized carbons (Fsp3) is 0.417. The Balaban J connectivity index is 1.59. The van der Waals surface area contributed by atoms with Crippen LogP contribution in [0.25, 0.3) is 16.8 Å². The first-order valence-corrected chi connectivity index (χ1v) is 17.6. The van der Waals surface area contributed by atoms with E-state index in [-0.39, 0.29) is 30.0 Å². The predicted octanol–water partition coefficient (Wildman–Crippen LogP) is 6.59. The molecule has 9 nitrogen and oxygen atoms in total. The lowest BCUT2D eigenvalue weighted by Gasteiger charge is -2.16. The monoisotopic (exact) mass is 645 g/mol. The molecule has 0 fully saturated rings. The third-order valence-electron chi connectivity index (χ3n) is 7.41. The Labute approximate surface area is 272 Å². The maximum atomic E-state index is 12.1. The summed E-state index contributed by atoms with van der Waals surface area (Å²) in [6.45, 7) is 12.7. The summed E-state index contributed by atoms with van der Waals surface area (Å²) in [5.74, 6) is 7.89. The number of aromatic nitrogens is 3. The first kappa shape index (κ1) is 34.5. The Hall–Kier alpha value is -4.36. The largest absolute Gasteiger partial charge is 0.494 e. The van der Waals surface area contributed by atoms with Crippen molar-refractivity contribution in [2.75, 3.05) is 25.2 Å². The van der Waals surface area contributed by atoms with Crippen LogP contribution in [0.1, 0.15) is 80.5 Å². The summed E-state index contributed by atoms with van der Waals surface area (Å²) in [6.07, 6.45) is 3.81. The number of rotatable bonds is 14. The van der Waals surface area contributed by atoms with Gasteiger partial charge in [0, 0.05) is 29.5 Å². The van der Waals surface area contributed by atoms with Crippen molar-refractivity contribution in [2.24, 2.45) is 0 Å². The van der Waals surface area contributed by atoms with E-state index >= 15 is 0 Å². The van der Waals surface area contributed by atoms with Gasteiger partial charge in [0.25, 0.3) is 0 Å². The van der Waals surface area contributed by atoms with Crippen LogP contribution < -0.4 is 9.47 Å². The number of hydrogen-bond donors (Lipinski definition) is 0. The van der Waals surface area contributed by atoms with Crippen LogP contribution >= 0.6 is 0 Å². The van der Waals surface area contributed by atoms with Gasteiger partial charge in [0.2, 0.25) is 0 Å². The molecule has 0 aliphatic heterocycles. The number of fused-ring (bicyclic) bond motifs is 1. The van der Waals surface area contributed by atoms with E-state index in [9.17, 15) is 13.2 Å². The number of aryl methyl sites for hydroxylation is 2. The molecule has 0 amide bonds. The SMILES string of the molecule is CC#C[C@@H](CC(=O)OCC)c1ccc(OCc2cc(-c3c(C)cc(OCCCS(C)(=O)=O)cc3C)c3nc(C(C)C)nn3c2)cc1. The van der Waals surface area contributed by atoms with E-state index in [1.54, 1.807) is 13.8 Å². The van der Waals surface area contributed by atoms with Crippen LogP contribution in [0.4, 0.5) is 0 Å². The van der Waals surface area contributed by atoms with Crippen molar-refractivity contribution >= 4 is 21.5 Å². The van der Waals surface area contributed by atoms with Gasteiger partial charge in [0.05, 0.1) is 31.3 Å². The third kappa shape index (κ3) is 9.10. The van der Waals surface area contributed by atoms with Gasteiger partial charge in [-0.25, -0.2) is 17.9 Å². The van der Waals surface area contributed by atoms with Crippen LogP contribution in [-0.4, -0.2) is 54.2 Å². The Morgan fingerprint density at radius 2 is 1.72 bits per heavy atom. The summed E-state index contributed by atoms with van der Waals surface area (Å²) >= 11 is 0. The maximum absolute atomic E-state index is 12.1. The third-order valence-corrected chi connectivity index (χ3v) is 8.44. The average Bonchev–Trinajstić information content (AvgIpc) is 3.43. The highest BCUT2D eigenvalue weighted by atomic mass is 32.2. The number of ether oxygens (including phenoxy) is 3. The lowest BCUT2D eigenvalue weighted by molar-refractivity contribution is -0.143. The minimum atomic E-state index is -3.03. The van der Waals surface area contributed by atoms with Crippen LogP contribution in [0.5, 0.6) is 11.5 Å². The van der Waals surface area contributed by atoms with Gasteiger partial charge in [0.15, 0.2) is 11.5 Å². The first-order chi connectivity index (χ1) is 21.9. The Kier molecular flexibility index (Phi) is 11.5. The normalized spacial score (nSPS) is 12.1. The van der Waals surface area contributed by atoms with E-state index in [0.717, 1.165) is 44.9 Å². The van der Waals surface area contributed by atoms with Gasteiger partial charge in [0.1, 0.15) is 27.9 Å². The first-order valence-electron chi connectivity index (χ1n) is 15.5. The standard InChI is InChI=1S/C36H43N3O6S/c1-8-11-29(21-33(40)43-9-2)28-12-14-30(15-13-28)45-23-27-20-32(36-37-35(24(3)4)38-39(36)22-27)34-25(5)18-31(19-26(34)6)44-16-10-17-46(7,41)42/h12-15,18-20,22,24,29H,9-10,16-17,21,23H2,1-7H3/t29-/m0/s1. The molecule has 0 spiro atoms. The summed E-state index contributed by atoms with van der Waals surface area (Å²) in [5, 5.41) is 4.77. The molecule has 4 aromatic rings. The van der Waals surface area contributed by atoms with E-state index in [4.69, 9.17) is 24.3 Å². The van der Waals surface area contributed by atoms with Crippen molar-refractivity contribution in [1.29, 1.82) is 0 Å². The minimum absolute atomic E-state index is 0.0919. The second-order valence-electron chi connectivity index (χ2n) is 11.7. The van der Waals surface area contributed by atoms with Crippen LogP contribution in [0.2, 0.25) is 0 Å². The van der Waals surface area contributed by atoms with Crippen LogP contribution in [0.3, 0.4) is 0 Å². The van der Waals surface area contributed by atoms with Crippen LogP contribution in [0.15, 0.2) is 48.7 Å². The number of sulfone groups is 1. The molecule has 0 aliphatic carbocycles. The number of carbonyl (C=O) groups is 1. The zero-order valence-electron chi connectivity index (χ0n) is 27.7. The minimum Gasteiger partial charge on any atom is -0.494 e. The fourth-order valence-corrected chi connectivity index (χ4v) is 5.93. The highest BCUT2D eigenvalue weighted by Crippen LogP contribution is 2.35. The molecule has 4 rings (SSSR count). The van der Waals surface area contributed by atoms with Crippen LogP contribution in [-0.2, 0) is 26.0 Å². The molecule has 10 heteroatoms. The highest BCUT2D eigenvalue weighted by Gasteiger charge is 2.19. The molecule has 2 aromatic heterocycles. The molecule has 0 saturated heterocycles. The Morgan fingerprint density at radius 1 is 1.02 bits per heavy atom. The molecular weight excluding hydrogens is 602 g/mol. The van der Waals surface area contributed by atoms with Gasteiger partial charge in [-0.3, -0.25) is 4.79 Å². The van der Waals surface area contributed by atoms with Crippen LogP contribution in [0, 0.1) is 25.7 Å². The van der Waals surface area contributed by atoms with E-state index in [1.165, 1.54) is 6.26 Å². The van der Waals surface area contributed by atoms with Crippen molar-refractivity contribution in [2.45, 2.75) is 72.8 Å². The molecule has 0 bridgehead atoms. The zero-order chi connectivity index (χ0) is 33.4. The molecule has 0 aliphatic rings. The number of nitrogens with zero attached hydrogens (tertiary/aromatic N) is 3. The maximum Gasteiger partial charge on any atom is 0.307 e. The van der Waals surface area contributed by atoms with Crippen molar-refractivity contribution < 1.29 is 27.4 Å². The quantitative estimate of drug-likeness (QED) is 0.0859. The predicted molar refractivity (Wildman–Crippen MR) is 180 cm³/mol. The van der Waals surface area contributed by atoms with Crippen molar-refractivity contribution in [3.8, 4) is 34.5 Å². The summed E-state index contributed by atoms with van der Waals surface area (Å²) in [6, 6.07) is 13.7. The van der Waals surface area contributed by atoms with Crippen molar-refractivity contribution in [1.82, 2.24) is 14.6 Å². The summed E-state index contributed by atoms with van der Waals surface area (Å²) < 4.78 is 42.0. The van der Waals surface area contributed by atoms with Crippen molar-refractivity contribution in [3.05, 3.63) is 76.7 Å². The average molecular weight is 646 g/mol. The van der Waals surface area contributed by atoms with Crippen molar-refractivity contribution in [3.63, 3.8) is 0 Å². The lowest BCUT2D eigenvalue weighted by atomic mass is 9.95. The van der Waals surface area contributed by atoms with Gasteiger partial charge in [-0.2, -0.15) is 5.10 Å². The molecule has 244 valence electrons. The van der Waals surface area contributed by atoms with E-state index < -0.39 is 9.84 Å². The van der Waals surface area contributed by atoms with Gasteiger partial charge in [-0.15, -0.1) is 5.92 Å². The van der Waals surface area contributed by atoms with Gasteiger partial charge >= 0.3 is 5.97 Å². The Bertz CT molecular complexity index is 1830. The second-order valence-corrected chi connectivity index (χ2v) is 14.0. The lowest BCUT2D eigenvalue weighted by Crippen LogP contribution is -2.09. The number of esters is 1. The van der Waals surface area contributed by atoms with E-state index in [2.05, 4.69) is 31.8 Å². The second kappa shape index (κ2) is 15.3. The van der Waals surface area contributed by atoms with E-state index in [1.807, 2.05) is 61.0 Å². The number of hydrogen-bond acceptors (Lipinski definition) is 8. The number of benzene rings is 2. The zero-order valence-corrected chi connectivity index (χ0v) is 28.5. The number of pyridine rings is 1. The molecule has 46 heavy (non-hydrogen) atoms. The van der Waals surface area contributed by atoms with Gasteiger partial charge in [-0.05, 0) is 86.7 Å². The molecular formula is C36H43N3O6S. The molecule has 2 heterocycles. The molecule has 0 N–H and O–H groups in total. The molecule has 0 saturated carbocycles. The molecule has 2 aromatic carbocycles. The van der Waals surface area contributed by atoms with Gasteiger partial charge in [-0.1, -0.05) is 31.9 Å². The molecule has 1 atom stereocenters.